The van der Waals surface area contributed by atoms with Gasteiger partial charge in [-0.2, -0.15) is 0 Å². The van der Waals surface area contributed by atoms with Crippen LogP contribution in [0.3, 0.4) is 0 Å². The fourth-order valence-electron chi connectivity index (χ4n) is 2.49. The summed E-state index contributed by atoms with van der Waals surface area (Å²) >= 11 is 0. The Morgan fingerprint density at radius 3 is 2.48 bits per heavy atom. The topological polar surface area (TPSA) is 55.0 Å². The summed E-state index contributed by atoms with van der Waals surface area (Å²) in [4.78, 5) is 10.3. The SMILES string of the molecule is Nc1ncc(CN2CC=C(c3ccc(F)cc3)CC2)cn1. The molecule has 1 aromatic carbocycles. The highest BCUT2D eigenvalue weighted by molar-refractivity contribution is 5.66. The van der Waals surface area contributed by atoms with Crippen LogP contribution in [0, 0.1) is 5.82 Å². The largest absolute Gasteiger partial charge is 0.368 e. The number of hydrogen-bond acceptors (Lipinski definition) is 4. The first-order valence-electron chi connectivity index (χ1n) is 6.94. The van der Waals surface area contributed by atoms with E-state index in [0.717, 1.165) is 37.2 Å². The molecule has 0 aliphatic carbocycles. The minimum Gasteiger partial charge on any atom is -0.368 e. The Hall–Kier alpha value is -2.27. The van der Waals surface area contributed by atoms with Crippen molar-refractivity contribution >= 4 is 11.5 Å². The molecule has 0 fully saturated rings. The summed E-state index contributed by atoms with van der Waals surface area (Å²) in [5.74, 6) is 0.107. The van der Waals surface area contributed by atoms with E-state index in [1.165, 1.54) is 17.7 Å². The third kappa shape index (κ3) is 3.44. The molecule has 2 aromatic rings. The molecule has 5 heteroatoms. The van der Waals surface area contributed by atoms with E-state index in [4.69, 9.17) is 5.73 Å². The quantitative estimate of drug-likeness (QED) is 0.941. The Balaban J connectivity index is 1.63. The average Bonchev–Trinajstić information content (AvgIpc) is 2.51. The molecule has 21 heavy (non-hydrogen) atoms. The van der Waals surface area contributed by atoms with E-state index in [1.807, 2.05) is 12.1 Å². The molecule has 1 aliphatic rings. The van der Waals surface area contributed by atoms with Crippen molar-refractivity contribution in [3.05, 3.63) is 59.7 Å². The number of rotatable bonds is 3. The molecular weight excluding hydrogens is 267 g/mol. The van der Waals surface area contributed by atoms with Crippen molar-refractivity contribution in [3.63, 3.8) is 0 Å². The van der Waals surface area contributed by atoms with Crippen LogP contribution < -0.4 is 5.73 Å². The van der Waals surface area contributed by atoms with Gasteiger partial charge in [-0.05, 0) is 29.7 Å². The standard InChI is InChI=1S/C16H17FN4/c17-15-3-1-13(2-4-15)14-5-7-21(8-6-14)11-12-9-19-16(18)20-10-12/h1-5,9-10H,6-8,11H2,(H2,18,19,20). The molecule has 0 bridgehead atoms. The fourth-order valence-corrected chi connectivity index (χ4v) is 2.49. The average molecular weight is 284 g/mol. The normalized spacial score (nSPS) is 15.8. The number of nitrogens with zero attached hydrogens (tertiary/aromatic N) is 3. The summed E-state index contributed by atoms with van der Waals surface area (Å²) in [5, 5.41) is 0. The van der Waals surface area contributed by atoms with Gasteiger partial charge in [-0.25, -0.2) is 14.4 Å². The van der Waals surface area contributed by atoms with Crippen LogP contribution in [-0.4, -0.2) is 28.0 Å². The van der Waals surface area contributed by atoms with E-state index in [1.54, 1.807) is 12.4 Å². The molecule has 0 unspecified atom stereocenters. The number of halogens is 1. The van der Waals surface area contributed by atoms with E-state index in [9.17, 15) is 4.39 Å². The lowest BCUT2D eigenvalue weighted by molar-refractivity contribution is 0.293. The Bertz CT molecular complexity index is 634. The van der Waals surface area contributed by atoms with Crippen molar-refractivity contribution in [2.45, 2.75) is 13.0 Å². The predicted octanol–water partition coefficient (Wildman–Crippen LogP) is 2.49. The summed E-state index contributed by atoms with van der Waals surface area (Å²) in [6, 6.07) is 6.69. The number of nitrogen functional groups attached to an aromatic ring is 1. The van der Waals surface area contributed by atoms with Gasteiger partial charge in [0.25, 0.3) is 0 Å². The zero-order valence-electron chi connectivity index (χ0n) is 11.7. The molecule has 0 spiro atoms. The Morgan fingerprint density at radius 2 is 1.86 bits per heavy atom. The zero-order valence-corrected chi connectivity index (χ0v) is 11.7. The van der Waals surface area contributed by atoms with Crippen molar-refractivity contribution in [1.29, 1.82) is 0 Å². The van der Waals surface area contributed by atoms with Crippen LogP contribution in [0.25, 0.3) is 5.57 Å². The molecule has 2 N–H and O–H groups in total. The van der Waals surface area contributed by atoms with Crippen LogP contribution >= 0.6 is 0 Å². The van der Waals surface area contributed by atoms with Gasteiger partial charge < -0.3 is 5.73 Å². The molecule has 0 saturated heterocycles. The van der Waals surface area contributed by atoms with Gasteiger partial charge in [0, 0.05) is 37.6 Å². The Kier molecular flexibility index (Phi) is 3.92. The summed E-state index contributed by atoms with van der Waals surface area (Å²) in [6.45, 7) is 2.65. The summed E-state index contributed by atoms with van der Waals surface area (Å²) in [7, 11) is 0. The highest BCUT2D eigenvalue weighted by Crippen LogP contribution is 2.23. The van der Waals surface area contributed by atoms with Crippen molar-refractivity contribution in [1.82, 2.24) is 14.9 Å². The maximum absolute atomic E-state index is 12.9. The third-order valence-electron chi connectivity index (χ3n) is 3.64. The minimum absolute atomic E-state index is 0.194. The fraction of sp³-hybridized carbons (Fsp3) is 0.250. The molecule has 0 saturated carbocycles. The van der Waals surface area contributed by atoms with Gasteiger partial charge in [-0.15, -0.1) is 0 Å². The second-order valence-electron chi connectivity index (χ2n) is 5.17. The molecular formula is C16H17FN4. The van der Waals surface area contributed by atoms with Crippen LogP contribution in [0.15, 0.2) is 42.7 Å². The zero-order chi connectivity index (χ0) is 14.7. The van der Waals surface area contributed by atoms with Gasteiger partial charge in [0.15, 0.2) is 0 Å². The van der Waals surface area contributed by atoms with Crippen molar-refractivity contribution < 1.29 is 4.39 Å². The second-order valence-corrected chi connectivity index (χ2v) is 5.17. The molecule has 0 radical (unpaired) electrons. The van der Waals surface area contributed by atoms with Crippen LogP contribution in [0.1, 0.15) is 17.5 Å². The second kappa shape index (κ2) is 6.01. The van der Waals surface area contributed by atoms with Gasteiger partial charge in [-0.1, -0.05) is 18.2 Å². The maximum atomic E-state index is 12.9. The Labute approximate surface area is 123 Å². The van der Waals surface area contributed by atoms with Gasteiger partial charge in [0.2, 0.25) is 5.95 Å². The molecule has 0 atom stereocenters. The first kappa shape index (κ1) is 13.7. The number of aromatic nitrogens is 2. The van der Waals surface area contributed by atoms with E-state index in [-0.39, 0.29) is 5.82 Å². The molecule has 0 amide bonds. The van der Waals surface area contributed by atoms with Crippen LogP contribution in [0.4, 0.5) is 10.3 Å². The first-order chi connectivity index (χ1) is 10.2. The summed E-state index contributed by atoms with van der Waals surface area (Å²) in [6.07, 6.45) is 6.69. The number of nitrogens with two attached hydrogens (primary N) is 1. The van der Waals surface area contributed by atoms with E-state index >= 15 is 0 Å². The lowest BCUT2D eigenvalue weighted by Gasteiger charge is -2.26. The molecule has 1 aromatic heterocycles. The van der Waals surface area contributed by atoms with Crippen LogP contribution in [0.5, 0.6) is 0 Å². The van der Waals surface area contributed by atoms with Gasteiger partial charge >= 0.3 is 0 Å². The van der Waals surface area contributed by atoms with E-state index < -0.39 is 0 Å². The van der Waals surface area contributed by atoms with Gasteiger partial charge in [-0.3, -0.25) is 4.90 Å². The van der Waals surface area contributed by atoms with Gasteiger partial charge in [0.05, 0.1) is 0 Å². The molecule has 3 rings (SSSR count). The Morgan fingerprint density at radius 1 is 1.14 bits per heavy atom. The van der Waals surface area contributed by atoms with Crippen molar-refractivity contribution in [2.24, 2.45) is 0 Å². The first-order valence-corrected chi connectivity index (χ1v) is 6.94. The van der Waals surface area contributed by atoms with E-state index in [0.29, 0.717) is 5.95 Å². The van der Waals surface area contributed by atoms with Crippen LogP contribution in [0.2, 0.25) is 0 Å². The van der Waals surface area contributed by atoms with Crippen molar-refractivity contribution in [3.8, 4) is 0 Å². The maximum Gasteiger partial charge on any atom is 0.219 e. The molecule has 108 valence electrons. The minimum atomic E-state index is -0.194. The van der Waals surface area contributed by atoms with Crippen molar-refractivity contribution in [2.75, 3.05) is 18.8 Å². The summed E-state index contributed by atoms with van der Waals surface area (Å²) < 4.78 is 12.9. The lowest BCUT2D eigenvalue weighted by atomic mass is 9.99. The highest BCUT2D eigenvalue weighted by Gasteiger charge is 2.13. The predicted molar refractivity (Wildman–Crippen MR) is 80.7 cm³/mol. The molecule has 1 aliphatic heterocycles. The molecule has 2 heterocycles. The number of benzene rings is 1. The summed E-state index contributed by atoms with van der Waals surface area (Å²) in [5.41, 5.74) is 8.92. The number of anilines is 1. The lowest BCUT2D eigenvalue weighted by Crippen LogP contribution is -2.28. The van der Waals surface area contributed by atoms with E-state index in [2.05, 4.69) is 20.9 Å². The van der Waals surface area contributed by atoms with Crippen LogP contribution in [-0.2, 0) is 6.54 Å². The highest BCUT2D eigenvalue weighted by atomic mass is 19.1. The third-order valence-corrected chi connectivity index (χ3v) is 3.64. The van der Waals surface area contributed by atoms with Gasteiger partial charge in [0.1, 0.15) is 5.82 Å². The molecule has 4 nitrogen and oxygen atoms in total. The number of hydrogen-bond donors (Lipinski definition) is 1. The monoisotopic (exact) mass is 284 g/mol. The smallest absolute Gasteiger partial charge is 0.219 e.